The summed E-state index contributed by atoms with van der Waals surface area (Å²) in [5.41, 5.74) is 1.23. The summed E-state index contributed by atoms with van der Waals surface area (Å²) in [5.74, 6) is 0.273. The van der Waals surface area contributed by atoms with Gasteiger partial charge >= 0.3 is 0 Å². The number of phenols is 1. The first kappa shape index (κ1) is 11.4. The van der Waals surface area contributed by atoms with Crippen LogP contribution in [0.25, 0.3) is 0 Å². The molecule has 0 unspecified atom stereocenters. The van der Waals surface area contributed by atoms with Crippen LogP contribution in [0.5, 0.6) is 5.75 Å². The van der Waals surface area contributed by atoms with Crippen molar-refractivity contribution in [2.75, 3.05) is 6.54 Å². The first-order valence-corrected chi connectivity index (χ1v) is 6.68. The van der Waals surface area contributed by atoms with Gasteiger partial charge in [-0.2, -0.15) is 0 Å². The first-order chi connectivity index (χ1) is 7.18. The predicted molar refractivity (Wildman–Crippen MR) is 68.1 cm³/mol. The monoisotopic (exact) mass is 333 g/mol. The molecule has 1 aromatic carbocycles. The molecule has 1 aliphatic rings. The Bertz CT molecular complexity index is 339. The van der Waals surface area contributed by atoms with Gasteiger partial charge in [-0.3, -0.25) is 0 Å². The maximum Gasteiger partial charge on any atom is 0.143 e. The highest BCUT2D eigenvalue weighted by molar-refractivity contribution is 9.11. The van der Waals surface area contributed by atoms with Crippen LogP contribution in [0.2, 0.25) is 0 Å². The van der Waals surface area contributed by atoms with Crippen molar-refractivity contribution in [2.45, 2.75) is 25.3 Å². The van der Waals surface area contributed by atoms with Crippen LogP contribution in [0, 0.1) is 0 Å². The Morgan fingerprint density at radius 2 is 1.87 bits per heavy atom. The van der Waals surface area contributed by atoms with E-state index >= 15 is 0 Å². The zero-order valence-corrected chi connectivity index (χ0v) is 11.4. The van der Waals surface area contributed by atoms with E-state index in [9.17, 15) is 5.11 Å². The molecule has 1 saturated heterocycles. The predicted octanol–water partition coefficient (Wildman–Crippen LogP) is 3.73. The minimum atomic E-state index is 0.273. The normalized spacial score (nSPS) is 21.6. The van der Waals surface area contributed by atoms with Crippen molar-refractivity contribution in [3.8, 4) is 5.75 Å². The molecule has 1 aliphatic heterocycles. The molecule has 2 nitrogen and oxygen atoms in total. The number of piperidine rings is 1. The number of rotatable bonds is 1. The Hall–Kier alpha value is -0.0600. The lowest BCUT2D eigenvalue weighted by Crippen LogP contribution is -2.26. The summed E-state index contributed by atoms with van der Waals surface area (Å²) in [6.07, 6.45) is 3.70. The maximum absolute atomic E-state index is 9.61. The molecule has 0 aromatic heterocycles. The number of benzene rings is 1. The van der Waals surface area contributed by atoms with Crippen molar-refractivity contribution in [1.82, 2.24) is 5.32 Å². The van der Waals surface area contributed by atoms with Crippen molar-refractivity contribution >= 4 is 31.9 Å². The van der Waals surface area contributed by atoms with Gasteiger partial charge in [0.05, 0.1) is 8.95 Å². The third kappa shape index (κ3) is 2.55. The molecule has 0 radical (unpaired) electrons. The number of hydrogen-bond donors (Lipinski definition) is 2. The van der Waals surface area contributed by atoms with Crippen molar-refractivity contribution in [3.63, 3.8) is 0 Å². The number of nitrogens with one attached hydrogen (secondary N) is 1. The summed E-state index contributed by atoms with van der Waals surface area (Å²) in [5, 5.41) is 13.1. The summed E-state index contributed by atoms with van der Waals surface area (Å²) in [7, 11) is 0. The fourth-order valence-electron chi connectivity index (χ4n) is 1.92. The van der Waals surface area contributed by atoms with E-state index in [0.29, 0.717) is 6.04 Å². The molecule has 4 heteroatoms. The molecule has 0 aliphatic carbocycles. The molecule has 15 heavy (non-hydrogen) atoms. The highest BCUT2D eigenvalue weighted by Gasteiger charge is 2.16. The molecule has 0 spiro atoms. The van der Waals surface area contributed by atoms with Crippen LogP contribution in [-0.4, -0.2) is 11.7 Å². The average Bonchev–Trinajstić information content (AvgIpc) is 2.26. The molecule has 1 fully saturated rings. The Balaban J connectivity index is 2.27. The van der Waals surface area contributed by atoms with Gasteiger partial charge in [-0.05, 0) is 68.9 Å². The highest BCUT2D eigenvalue weighted by Crippen LogP contribution is 2.36. The maximum atomic E-state index is 9.61. The van der Waals surface area contributed by atoms with Crippen LogP contribution in [-0.2, 0) is 0 Å². The van der Waals surface area contributed by atoms with E-state index in [2.05, 4.69) is 37.2 Å². The van der Waals surface area contributed by atoms with Gasteiger partial charge in [0.25, 0.3) is 0 Å². The molecule has 2 rings (SSSR count). The van der Waals surface area contributed by atoms with E-state index in [-0.39, 0.29) is 5.75 Å². The second-order valence-corrected chi connectivity index (χ2v) is 5.54. The smallest absolute Gasteiger partial charge is 0.143 e. The molecule has 0 bridgehead atoms. The van der Waals surface area contributed by atoms with E-state index in [1.165, 1.54) is 24.8 Å². The van der Waals surface area contributed by atoms with E-state index in [1.807, 2.05) is 12.1 Å². The SMILES string of the molecule is Oc1c(Br)cc([C@@H]2CCCCN2)cc1Br. The topological polar surface area (TPSA) is 32.3 Å². The summed E-state index contributed by atoms with van der Waals surface area (Å²) < 4.78 is 1.50. The zero-order valence-electron chi connectivity index (χ0n) is 8.26. The van der Waals surface area contributed by atoms with E-state index in [4.69, 9.17) is 0 Å². The van der Waals surface area contributed by atoms with Gasteiger partial charge < -0.3 is 10.4 Å². The van der Waals surface area contributed by atoms with E-state index < -0.39 is 0 Å². The van der Waals surface area contributed by atoms with Crippen molar-refractivity contribution < 1.29 is 5.11 Å². The number of aromatic hydroxyl groups is 1. The second-order valence-electron chi connectivity index (χ2n) is 3.84. The largest absolute Gasteiger partial charge is 0.506 e. The van der Waals surface area contributed by atoms with Crippen LogP contribution in [0.1, 0.15) is 30.9 Å². The molecule has 1 atom stereocenters. The number of halogens is 2. The van der Waals surface area contributed by atoms with Gasteiger partial charge in [0, 0.05) is 6.04 Å². The number of hydrogen-bond acceptors (Lipinski definition) is 2. The van der Waals surface area contributed by atoms with Gasteiger partial charge in [-0.1, -0.05) is 6.42 Å². The lowest BCUT2D eigenvalue weighted by Gasteiger charge is -2.24. The van der Waals surface area contributed by atoms with Crippen molar-refractivity contribution in [3.05, 3.63) is 26.6 Å². The summed E-state index contributed by atoms with van der Waals surface area (Å²) in [4.78, 5) is 0. The lowest BCUT2D eigenvalue weighted by molar-refractivity contribution is 0.411. The molecule has 0 amide bonds. The summed E-state index contributed by atoms with van der Waals surface area (Å²) >= 11 is 6.71. The minimum absolute atomic E-state index is 0.273. The summed E-state index contributed by atoms with van der Waals surface area (Å²) in [6.45, 7) is 1.08. The molecule has 2 N–H and O–H groups in total. The quantitative estimate of drug-likeness (QED) is 0.820. The van der Waals surface area contributed by atoms with Crippen LogP contribution in [0.15, 0.2) is 21.1 Å². The second kappa shape index (κ2) is 4.85. The Morgan fingerprint density at radius 1 is 1.20 bits per heavy atom. The molecular weight excluding hydrogens is 322 g/mol. The first-order valence-electron chi connectivity index (χ1n) is 5.10. The molecular formula is C11H13Br2NO. The van der Waals surface area contributed by atoms with Gasteiger partial charge in [0.1, 0.15) is 5.75 Å². The minimum Gasteiger partial charge on any atom is -0.506 e. The van der Waals surface area contributed by atoms with Gasteiger partial charge in [0.2, 0.25) is 0 Å². The van der Waals surface area contributed by atoms with Crippen LogP contribution in [0.3, 0.4) is 0 Å². The highest BCUT2D eigenvalue weighted by atomic mass is 79.9. The van der Waals surface area contributed by atoms with Crippen molar-refractivity contribution in [1.29, 1.82) is 0 Å². The Morgan fingerprint density at radius 3 is 2.40 bits per heavy atom. The van der Waals surface area contributed by atoms with E-state index in [1.54, 1.807) is 0 Å². The number of phenolic OH excluding ortho intramolecular Hbond substituents is 1. The fourth-order valence-corrected chi connectivity index (χ4v) is 3.14. The van der Waals surface area contributed by atoms with Crippen LogP contribution in [0.4, 0.5) is 0 Å². The molecule has 1 aromatic rings. The van der Waals surface area contributed by atoms with Gasteiger partial charge in [0.15, 0.2) is 0 Å². The average molecular weight is 335 g/mol. The van der Waals surface area contributed by atoms with Crippen LogP contribution >= 0.6 is 31.9 Å². The zero-order chi connectivity index (χ0) is 10.8. The standard InChI is InChI=1S/C11H13Br2NO/c12-8-5-7(6-9(13)11(8)15)10-3-1-2-4-14-10/h5-6,10,14-15H,1-4H2/t10-/m0/s1. The Labute approximate surface area is 106 Å². The van der Waals surface area contributed by atoms with Crippen LogP contribution < -0.4 is 5.32 Å². The molecule has 1 heterocycles. The van der Waals surface area contributed by atoms with Gasteiger partial charge in [-0.25, -0.2) is 0 Å². The fraction of sp³-hybridized carbons (Fsp3) is 0.455. The summed E-state index contributed by atoms with van der Waals surface area (Å²) in [6, 6.07) is 4.40. The van der Waals surface area contributed by atoms with Gasteiger partial charge in [-0.15, -0.1) is 0 Å². The lowest BCUT2D eigenvalue weighted by atomic mass is 9.97. The van der Waals surface area contributed by atoms with Crippen molar-refractivity contribution in [2.24, 2.45) is 0 Å². The molecule has 0 saturated carbocycles. The Kier molecular flexibility index (Phi) is 3.69. The van der Waals surface area contributed by atoms with E-state index in [0.717, 1.165) is 15.5 Å². The third-order valence-electron chi connectivity index (χ3n) is 2.75. The molecule has 82 valence electrons. The third-order valence-corrected chi connectivity index (χ3v) is 3.96.